The number of carbonyl (C=O) groups excluding carboxylic acids is 1. The standard InChI is InChI=1S/C13H13NO3/c1-16-13(15)9-12-6-5-11(17-12)8-10-4-2-3-7-14-10/h2-4,7-9H,5-6H2,1H3/b11-8+,12-9+. The van der Waals surface area contributed by atoms with Gasteiger partial charge in [-0.05, 0) is 12.1 Å². The monoisotopic (exact) mass is 231 g/mol. The molecule has 1 aliphatic rings. The molecule has 4 nitrogen and oxygen atoms in total. The number of rotatable bonds is 2. The van der Waals surface area contributed by atoms with Crippen LogP contribution in [0.4, 0.5) is 0 Å². The highest BCUT2D eigenvalue weighted by Gasteiger charge is 2.15. The fourth-order valence-corrected chi connectivity index (χ4v) is 1.54. The van der Waals surface area contributed by atoms with Crippen LogP contribution in [0.2, 0.25) is 0 Å². The van der Waals surface area contributed by atoms with Gasteiger partial charge in [0.05, 0.1) is 18.9 Å². The molecule has 4 heteroatoms. The van der Waals surface area contributed by atoms with Crippen molar-refractivity contribution < 1.29 is 14.3 Å². The molecule has 1 aromatic heterocycles. The van der Waals surface area contributed by atoms with Crippen molar-refractivity contribution in [2.45, 2.75) is 12.8 Å². The van der Waals surface area contributed by atoms with E-state index in [-0.39, 0.29) is 5.97 Å². The van der Waals surface area contributed by atoms with E-state index in [4.69, 9.17) is 4.74 Å². The lowest BCUT2D eigenvalue weighted by molar-refractivity contribution is -0.135. The van der Waals surface area contributed by atoms with Gasteiger partial charge in [0.2, 0.25) is 0 Å². The predicted molar refractivity (Wildman–Crippen MR) is 62.6 cm³/mol. The van der Waals surface area contributed by atoms with Gasteiger partial charge in [0.15, 0.2) is 0 Å². The fourth-order valence-electron chi connectivity index (χ4n) is 1.54. The van der Waals surface area contributed by atoms with E-state index in [0.29, 0.717) is 12.2 Å². The molecule has 0 radical (unpaired) electrons. The molecule has 0 aliphatic carbocycles. The van der Waals surface area contributed by atoms with E-state index in [0.717, 1.165) is 17.9 Å². The van der Waals surface area contributed by atoms with Gasteiger partial charge in [-0.3, -0.25) is 4.98 Å². The van der Waals surface area contributed by atoms with Crippen molar-refractivity contribution in [3.63, 3.8) is 0 Å². The van der Waals surface area contributed by atoms with E-state index in [1.807, 2.05) is 24.3 Å². The molecule has 2 heterocycles. The van der Waals surface area contributed by atoms with E-state index < -0.39 is 0 Å². The maximum Gasteiger partial charge on any atom is 0.333 e. The van der Waals surface area contributed by atoms with Gasteiger partial charge in [0.25, 0.3) is 0 Å². The van der Waals surface area contributed by atoms with Gasteiger partial charge in [-0.25, -0.2) is 4.79 Å². The zero-order valence-corrected chi connectivity index (χ0v) is 9.55. The molecule has 1 aliphatic heterocycles. The summed E-state index contributed by atoms with van der Waals surface area (Å²) < 4.78 is 10.1. The highest BCUT2D eigenvalue weighted by atomic mass is 16.5. The molecular weight excluding hydrogens is 218 g/mol. The van der Waals surface area contributed by atoms with Crippen molar-refractivity contribution >= 4 is 12.0 Å². The minimum atomic E-state index is -0.390. The summed E-state index contributed by atoms with van der Waals surface area (Å²) >= 11 is 0. The average Bonchev–Trinajstić information content (AvgIpc) is 2.77. The minimum absolute atomic E-state index is 0.390. The second kappa shape index (κ2) is 5.30. The number of esters is 1. The van der Waals surface area contributed by atoms with Crippen LogP contribution in [-0.2, 0) is 14.3 Å². The van der Waals surface area contributed by atoms with E-state index in [1.165, 1.54) is 13.2 Å². The minimum Gasteiger partial charge on any atom is -0.466 e. The Hall–Kier alpha value is -2.10. The quantitative estimate of drug-likeness (QED) is 0.578. The number of pyridine rings is 1. The lowest BCUT2D eigenvalue weighted by atomic mass is 10.2. The Morgan fingerprint density at radius 3 is 2.94 bits per heavy atom. The fraction of sp³-hybridized carbons (Fsp3) is 0.231. The molecule has 0 unspecified atom stereocenters. The molecule has 1 fully saturated rings. The van der Waals surface area contributed by atoms with E-state index in [1.54, 1.807) is 6.20 Å². The summed E-state index contributed by atoms with van der Waals surface area (Å²) in [6, 6.07) is 5.68. The average molecular weight is 231 g/mol. The van der Waals surface area contributed by atoms with Crippen molar-refractivity contribution in [2.75, 3.05) is 7.11 Å². The zero-order valence-electron chi connectivity index (χ0n) is 9.55. The largest absolute Gasteiger partial charge is 0.466 e. The Morgan fingerprint density at radius 1 is 1.41 bits per heavy atom. The summed E-state index contributed by atoms with van der Waals surface area (Å²) in [4.78, 5) is 15.2. The number of hydrogen-bond acceptors (Lipinski definition) is 4. The number of aromatic nitrogens is 1. The topological polar surface area (TPSA) is 48.4 Å². The zero-order chi connectivity index (χ0) is 12.1. The van der Waals surface area contributed by atoms with Gasteiger partial charge in [-0.2, -0.15) is 0 Å². The van der Waals surface area contributed by atoms with Gasteiger partial charge in [-0.15, -0.1) is 0 Å². The summed E-state index contributed by atoms with van der Waals surface area (Å²) in [6.07, 6.45) is 6.47. The first kappa shape index (κ1) is 11.4. The number of nitrogens with zero attached hydrogens (tertiary/aromatic N) is 1. The number of hydrogen-bond donors (Lipinski definition) is 0. The van der Waals surface area contributed by atoms with Crippen LogP contribution in [0.15, 0.2) is 42.0 Å². The molecule has 1 aromatic rings. The van der Waals surface area contributed by atoms with Crippen LogP contribution < -0.4 is 0 Å². The van der Waals surface area contributed by atoms with Crippen LogP contribution in [0.1, 0.15) is 18.5 Å². The second-order valence-corrected chi connectivity index (χ2v) is 3.60. The number of methoxy groups -OCH3 is 1. The maximum absolute atomic E-state index is 11.0. The smallest absolute Gasteiger partial charge is 0.333 e. The molecule has 17 heavy (non-hydrogen) atoms. The van der Waals surface area contributed by atoms with Gasteiger partial charge in [-0.1, -0.05) is 6.07 Å². The third-order valence-corrected chi connectivity index (χ3v) is 2.36. The maximum atomic E-state index is 11.0. The molecule has 0 aromatic carbocycles. The second-order valence-electron chi connectivity index (χ2n) is 3.60. The molecule has 0 N–H and O–H groups in total. The highest BCUT2D eigenvalue weighted by Crippen LogP contribution is 2.27. The Bertz CT molecular complexity index is 463. The number of ether oxygens (including phenoxy) is 2. The Morgan fingerprint density at radius 2 is 2.24 bits per heavy atom. The molecule has 0 saturated carbocycles. The Kier molecular flexibility index (Phi) is 3.55. The normalized spacial score (nSPS) is 19.4. The van der Waals surface area contributed by atoms with Crippen molar-refractivity contribution in [1.82, 2.24) is 4.98 Å². The van der Waals surface area contributed by atoms with E-state index in [9.17, 15) is 4.79 Å². The molecule has 0 amide bonds. The van der Waals surface area contributed by atoms with E-state index in [2.05, 4.69) is 9.72 Å². The summed E-state index contributed by atoms with van der Waals surface area (Å²) in [5, 5.41) is 0. The lowest BCUT2D eigenvalue weighted by Gasteiger charge is -1.99. The van der Waals surface area contributed by atoms with Crippen molar-refractivity contribution in [1.29, 1.82) is 0 Å². The van der Waals surface area contributed by atoms with Crippen molar-refractivity contribution in [2.24, 2.45) is 0 Å². The van der Waals surface area contributed by atoms with Crippen molar-refractivity contribution in [3.05, 3.63) is 47.7 Å². The van der Waals surface area contributed by atoms with Crippen LogP contribution >= 0.6 is 0 Å². The summed E-state index contributed by atoms with van der Waals surface area (Å²) in [6.45, 7) is 0. The number of carbonyl (C=O) groups is 1. The summed E-state index contributed by atoms with van der Waals surface area (Å²) in [7, 11) is 1.35. The molecular formula is C13H13NO3. The molecule has 2 rings (SSSR count). The van der Waals surface area contributed by atoms with Crippen LogP contribution in [0.5, 0.6) is 0 Å². The van der Waals surface area contributed by atoms with Crippen molar-refractivity contribution in [3.8, 4) is 0 Å². The summed E-state index contributed by atoms with van der Waals surface area (Å²) in [5.41, 5.74) is 0.849. The van der Waals surface area contributed by atoms with Crippen LogP contribution in [0.3, 0.4) is 0 Å². The van der Waals surface area contributed by atoms with Crippen LogP contribution in [0, 0.1) is 0 Å². The SMILES string of the molecule is COC(=O)/C=C1\CC/C(=C\c2ccccn2)O1. The third-order valence-electron chi connectivity index (χ3n) is 2.36. The van der Waals surface area contributed by atoms with Gasteiger partial charge < -0.3 is 9.47 Å². The first-order chi connectivity index (χ1) is 8.28. The molecule has 0 atom stereocenters. The Labute approximate surface area is 99.6 Å². The number of allylic oxidation sites excluding steroid dienone is 2. The van der Waals surface area contributed by atoms with Crippen LogP contribution in [0.25, 0.3) is 6.08 Å². The molecule has 0 spiro atoms. The highest BCUT2D eigenvalue weighted by molar-refractivity contribution is 5.82. The van der Waals surface area contributed by atoms with Gasteiger partial charge >= 0.3 is 5.97 Å². The third kappa shape index (κ3) is 3.17. The van der Waals surface area contributed by atoms with Gasteiger partial charge in [0, 0.05) is 25.1 Å². The molecule has 88 valence electrons. The predicted octanol–water partition coefficient (Wildman–Crippen LogP) is 2.29. The first-order valence-electron chi connectivity index (χ1n) is 5.36. The summed E-state index contributed by atoms with van der Waals surface area (Å²) in [5.74, 6) is 1.07. The van der Waals surface area contributed by atoms with E-state index >= 15 is 0 Å². The van der Waals surface area contributed by atoms with Crippen LogP contribution in [-0.4, -0.2) is 18.1 Å². The van der Waals surface area contributed by atoms with Gasteiger partial charge in [0.1, 0.15) is 11.5 Å². The first-order valence-corrected chi connectivity index (χ1v) is 5.36. The molecule has 0 bridgehead atoms. The Balaban J connectivity index is 2.06. The lowest BCUT2D eigenvalue weighted by Crippen LogP contribution is -1.96. The molecule has 1 saturated heterocycles.